The van der Waals surface area contributed by atoms with Gasteiger partial charge in [-0.15, -0.1) is 9.24 Å². The maximum Gasteiger partial charge on any atom is 0.268 e. The maximum absolute atomic E-state index is 13.4. The molecule has 168 valence electrons. The van der Waals surface area contributed by atoms with E-state index in [0.29, 0.717) is 28.0 Å². The predicted molar refractivity (Wildman–Crippen MR) is 132 cm³/mol. The van der Waals surface area contributed by atoms with Gasteiger partial charge < -0.3 is 15.5 Å². The highest BCUT2D eigenvalue weighted by Gasteiger charge is 2.23. The fraction of sp³-hybridized carbons (Fsp3) is 0.273. The van der Waals surface area contributed by atoms with Crippen molar-refractivity contribution >= 4 is 37.1 Å². The predicted octanol–water partition coefficient (Wildman–Crippen LogP) is 0.820. The number of nitrogens with one attached hydrogen (secondary N) is 1. The van der Waals surface area contributed by atoms with Crippen molar-refractivity contribution in [3.05, 3.63) is 46.4 Å². The van der Waals surface area contributed by atoms with Crippen LogP contribution in [-0.4, -0.2) is 62.7 Å². The van der Waals surface area contributed by atoms with Gasteiger partial charge in [-0.2, -0.15) is 15.5 Å². The molecule has 1 unspecified atom stereocenters. The fourth-order valence-corrected chi connectivity index (χ4v) is 4.75. The van der Waals surface area contributed by atoms with E-state index >= 15 is 0 Å². The van der Waals surface area contributed by atoms with Gasteiger partial charge >= 0.3 is 0 Å². The van der Waals surface area contributed by atoms with Gasteiger partial charge in [-0.1, -0.05) is 12.1 Å². The van der Waals surface area contributed by atoms with Gasteiger partial charge in [0.05, 0.1) is 22.5 Å². The van der Waals surface area contributed by atoms with Crippen LogP contribution in [0.15, 0.2) is 35.3 Å². The van der Waals surface area contributed by atoms with Gasteiger partial charge in [0.15, 0.2) is 5.82 Å². The van der Waals surface area contributed by atoms with Crippen molar-refractivity contribution in [2.75, 3.05) is 43.9 Å². The Kier molecular flexibility index (Phi) is 5.16. The second-order valence-electron chi connectivity index (χ2n) is 8.23. The molecule has 1 aliphatic heterocycles. The molecule has 5 rings (SSSR count). The third kappa shape index (κ3) is 3.46. The molecule has 4 heterocycles. The number of piperazine rings is 1. The summed E-state index contributed by atoms with van der Waals surface area (Å²) in [7, 11) is 6.62. The first-order valence-corrected chi connectivity index (χ1v) is 11.1. The van der Waals surface area contributed by atoms with E-state index in [1.54, 1.807) is 18.3 Å². The highest BCUT2D eigenvalue weighted by atomic mass is 31.0. The molecule has 1 atom stereocenters. The molecule has 4 aromatic rings. The summed E-state index contributed by atoms with van der Waals surface area (Å²) in [6.07, 6.45) is 1.71. The van der Waals surface area contributed by atoms with Gasteiger partial charge in [-0.3, -0.25) is 19.1 Å². The molecule has 10 nitrogen and oxygen atoms in total. The molecule has 0 bridgehead atoms. The van der Waals surface area contributed by atoms with Gasteiger partial charge in [0.2, 0.25) is 0 Å². The zero-order chi connectivity index (χ0) is 23.3. The number of rotatable bonds is 3. The number of anilines is 2. The Morgan fingerprint density at radius 3 is 2.70 bits per heavy atom. The van der Waals surface area contributed by atoms with Crippen LogP contribution in [0, 0.1) is 11.3 Å². The van der Waals surface area contributed by atoms with Crippen LogP contribution >= 0.6 is 9.24 Å². The molecule has 0 amide bonds. The molecule has 3 N–H and O–H groups in total. The molecule has 0 aliphatic carbocycles. The van der Waals surface area contributed by atoms with Gasteiger partial charge in [-0.25, -0.2) is 0 Å². The normalized spacial score (nSPS) is 14.7. The number of nitriles is 1. The smallest absolute Gasteiger partial charge is 0.268 e. The number of nitrogen functional groups attached to an aromatic ring is 1. The van der Waals surface area contributed by atoms with Crippen LogP contribution in [0.2, 0.25) is 0 Å². The van der Waals surface area contributed by atoms with E-state index in [2.05, 4.69) is 42.4 Å². The number of benzene rings is 1. The number of likely N-dealkylation sites (N-methyl/N-ethyl adjacent to an activating group) is 1. The van der Waals surface area contributed by atoms with Crippen LogP contribution in [0.4, 0.5) is 11.6 Å². The standard InChI is InChI=1S/C22H24N9OP/c1-28-6-8-30(9-7-28)17-10-15(27-29(17)2)14-12-31(20-13(11-23)4-3-5-16(20)33)22(32)18-19(14)25-26-21(18)24/h3-5,10,12H,6-9,33H2,1-2H3,(H3,24,25,26). The highest BCUT2D eigenvalue weighted by molar-refractivity contribution is 7.27. The maximum atomic E-state index is 13.4. The van der Waals surface area contributed by atoms with Crippen molar-refractivity contribution in [1.82, 2.24) is 29.4 Å². The summed E-state index contributed by atoms with van der Waals surface area (Å²) in [5, 5.41) is 22.4. The molecule has 11 heteroatoms. The van der Waals surface area contributed by atoms with Gasteiger partial charge in [0, 0.05) is 51.1 Å². The molecule has 3 aromatic heterocycles. The highest BCUT2D eigenvalue weighted by Crippen LogP contribution is 2.31. The number of nitrogens with zero attached hydrogens (tertiary/aromatic N) is 7. The summed E-state index contributed by atoms with van der Waals surface area (Å²) in [6.45, 7) is 3.78. The summed E-state index contributed by atoms with van der Waals surface area (Å²) in [5.74, 6) is 1.11. The molecular weight excluding hydrogens is 437 g/mol. The van der Waals surface area contributed by atoms with Crippen LogP contribution in [0.5, 0.6) is 0 Å². The third-order valence-corrected chi connectivity index (χ3v) is 6.61. The molecule has 1 saturated heterocycles. The Morgan fingerprint density at radius 1 is 1.21 bits per heavy atom. The molecule has 0 saturated carbocycles. The van der Waals surface area contributed by atoms with Crippen molar-refractivity contribution in [1.29, 1.82) is 5.26 Å². The third-order valence-electron chi connectivity index (χ3n) is 6.14. The summed E-state index contributed by atoms with van der Waals surface area (Å²) in [5.41, 5.74) is 8.51. The minimum atomic E-state index is -0.346. The summed E-state index contributed by atoms with van der Waals surface area (Å²) >= 11 is 0. The van der Waals surface area contributed by atoms with Crippen molar-refractivity contribution in [2.24, 2.45) is 7.05 Å². The Bertz CT molecular complexity index is 1470. The van der Waals surface area contributed by atoms with E-state index in [1.807, 2.05) is 23.9 Å². The lowest BCUT2D eigenvalue weighted by Gasteiger charge is -2.33. The number of fused-ring (bicyclic) bond motifs is 1. The van der Waals surface area contributed by atoms with E-state index in [4.69, 9.17) is 10.8 Å². The monoisotopic (exact) mass is 461 g/mol. The van der Waals surface area contributed by atoms with Crippen LogP contribution in [-0.2, 0) is 7.05 Å². The Labute approximate surface area is 192 Å². The number of nitrogens with two attached hydrogens (primary N) is 1. The van der Waals surface area contributed by atoms with E-state index < -0.39 is 0 Å². The second kappa shape index (κ2) is 8.03. The van der Waals surface area contributed by atoms with Gasteiger partial charge in [0.25, 0.3) is 5.56 Å². The minimum absolute atomic E-state index is 0.112. The first-order chi connectivity index (χ1) is 15.9. The van der Waals surface area contributed by atoms with E-state index in [-0.39, 0.29) is 16.8 Å². The molecule has 1 aliphatic rings. The quantitative estimate of drug-likeness (QED) is 0.433. The van der Waals surface area contributed by atoms with Crippen LogP contribution < -0.4 is 21.5 Å². The number of hydrogen-bond acceptors (Lipinski definition) is 7. The van der Waals surface area contributed by atoms with Crippen molar-refractivity contribution in [3.8, 4) is 23.0 Å². The van der Waals surface area contributed by atoms with Crippen LogP contribution in [0.3, 0.4) is 0 Å². The number of aromatic nitrogens is 5. The van der Waals surface area contributed by atoms with E-state index in [0.717, 1.165) is 37.3 Å². The Hall–Kier alpha value is -3.67. The SMILES string of the molecule is CN1CCN(c2cc(-c3cn(-c4c(P)cccc4C#N)c(=O)c4c(N)n[nH]c34)nn2C)CC1. The number of H-pyrrole nitrogens is 1. The van der Waals surface area contributed by atoms with Crippen LogP contribution in [0.25, 0.3) is 27.8 Å². The summed E-state index contributed by atoms with van der Waals surface area (Å²) in [4.78, 5) is 18.0. The number of hydrogen-bond donors (Lipinski definition) is 2. The average Bonchev–Trinajstić information content (AvgIpc) is 3.38. The molecule has 33 heavy (non-hydrogen) atoms. The van der Waals surface area contributed by atoms with Crippen molar-refractivity contribution < 1.29 is 0 Å². The van der Waals surface area contributed by atoms with Crippen LogP contribution in [0.1, 0.15) is 5.56 Å². The second-order valence-corrected chi connectivity index (χ2v) is 8.86. The zero-order valence-electron chi connectivity index (χ0n) is 18.4. The average molecular weight is 461 g/mol. The number of para-hydroxylation sites is 1. The molecular formula is C22H24N9OP. The number of aromatic amines is 1. The Morgan fingerprint density at radius 2 is 1.97 bits per heavy atom. The van der Waals surface area contributed by atoms with E-state index in [9.17, 15) is 10.1 Å². The molecule has 0 radical (unpaired) electrons. The fourth-order valence-electron chi connectivity index (χ4n) is 4.34. The Balaban J connectivity index is 1.73. The number of pyridine rings is 1. The molecule has 0 spiro atoms. The number of aryl methyl sites for hydroxylation is 1. The summed E-state index contributed by atoms with van der Waals surface area (Å²) < 4.78 is 3.32. The lowest BCUT2D eigenvalue weighted by atomic mass is 10.1. The summed E-state index contributed by atoms with van der Waals surface area (Å²) in [6, 6.07) is 9.50. The lowest BCUT2D eigenvalue weighted by molar-refractivity contribution is 0.311. The topological polar surface area (TPSA) is 125 Å². The first-order valence-electron chi connectivity index (χ1n) is 10.5. The largest absolute Gasteiger partial charge is 0.382 e. The zero-order valence-corrected chi connectivity index (χ0v) is 19.6. The van der Waals surface area contributed by atoms with Gasteiger partial charge in [-0.05, 0) is 18.4 Å². The van der Waals surface area contributed by atoms with Crippen molar-refractivity contribution in [3.63, 3.8) is 0 Å². The lowest BCUT2D eigenvalue weighted by Crippen LogP contribution is -2.45. The van der Waals surface area contributed by atoms with Gasteiger partial charge in [0.1, 0.15) is 17.3 Å². The van der Waals surface area contributed by atoms with E-state index in [1.165, 1.54) is 4.57 Å². The molecule has 1 aromatic carbocycles. The molecule has 1 fully saturated rings. The first kappa shape index (κ1) is 21.2. The minimum Gasteiger partial charge on any atom is -0.382 e. The van der Waals surface area contributed by atoms with Crippen molar-refractivity contribution in [2.45, 2.75) is 0 Å².